The molecule has 0 unspecified atom stereocenters. The van der Waals surface area contributed by atoms with Gasteiger partial charge >= 0.3 is 6.18 Å². The van der Waals surface area contributed by atoms with Crippen molar-refractivity contribution in [3.8, 4) is 0 Å². The molecule has 0 bridgehead atoms. The minimum atomic E-state index is -4.63. The Kier molecular flexibility index (Phi) is 7.75. The third-order valence-electron chi connectivity index (χ3n) is 2.35. The molecule has 0 atom stereocenters. The summed E-state index contributed by atoms with van der Waals surface area (Å²) in [6.45, 7) is 0.0511. The van der Waals surface area contributed by atoms with Crippen LogP contribution in [0.15, 0.2) is 24.3 Å². The highest BCUT2D eigenvalue weighted by Gasteiger charge is 2.34. The second-order valence-corrected chi connectivity index (χ2v) is 3.86. The number of amides is 2. The lowest BCUT2D eigenvalue weighted by atomic mass is 10.1. The van der Waals surface area contributed by atoms with Gasteiger partial charge in [-0.2, -0.15) is 13.2 Å². The van der Waals surface area contributed by atoms with Gasteiger partial charge in [-0.15, -0.1) is 12.4 Å². The van der Waals surface area contributed by atoms with E-state index in [1.54, 1.807) is 0 Å². The Morgan fingerprint density at radius 1 is 1.14 bits per heavy atom. The Balaban J connectivity index is 0.00000400. The predicted octanol–water partition coefficient (Wildman–Crippen LogP) is 0.932. The maximum Gasteiger partial charge on any atom is 0.417 e. The van der Waals surface area contributed by atoms with Crippen molar-refractivity contribution in [2.45, 2.75) is 6.18 Å². The molecule has 5 nitrogen and oxygen atoms in total. The first-order valence-corrected chi connectivity index (χ1v) is 5.77. The highest BCUT2D eigenvalue weighted by atomic mass is 35.5. The Labute approximate surface area is 125 Å². The van der Waals surface area contributed by atoms with Crippen molar-refractivity contribution in [3.05, 3.63) is 35.4 Å². The summed E-state index contributed by atoms with van der Waals surface area (Å²) in [5.74, 6) is -1.48. The second kappa shape index (κ2) is 8.48. The van der Waals surface area contributed by atoms with Gasteiger partial charge in [0.05, 0.1) is 17.7 Å². The number of nitrogens with one attached hydrogen (secondary N) is 2. The van der Waals surface area contributed by atoms with E-state index in [0.29, 0.717) is 0 Å². The van der Waals surface area contributed by atoms with Gasteiger partial charge in [0.15, 0.2) is 0 Å². The first-order chi connectivity index (χ1) is 9.36. The zero-order valence-corrected chi connectivity index (χ0v) is 11.7. The molecule has 0 aliphatic carbocycles. The van der Waals surface area contributed by atoms with E-state index in [0.717, 1.165) is 12.1 Å². The Morgan fingerprint density at radius 3 is 2.33 bits per heavy atom. The van der Waals surface area contributed by atoms with Gasteiger partial charge in [-0.3, -0.25) is 9.59 Å². The number of carbonyl (C=O) groups excluding carboxylic acids is 2. The van der Waals surface area contributed by atoms with Crippen molar-refractivity contribution in [1.82, 2.24) is 10.6 Å². The fourth-order valence-electron chi connectivity index (χ4n) is 1.46. The third kappa shape index (κ3) is 6.01. The number of hydrogen-bond acceptors (Lipinski definition) is 3. The van der Waals surface area contributed by atoms with Crippen LogP contribution in [-0.2, 0) is 11.0 Å². The van der Waals surface area contributed by atoms with Crippen LogP contribution < -0.4 is 16.4 Å². The van der Waals surface area contributed by atoms with Crippen molar-refractivity contribution in [2.24, 2.45) is 5.73 Å². The summed E-state index contributed by atoms with van der Waals surface area (Å²) in [5, 5.41) is 4.51. The Hall–Kier alpha value is -1.80. The molecule has 0 aliphatic rings. The molecule has 118 valence electrons. The largest absolute Gasteiger partial charge is 0.417 e. The molecule has 0 aliphatic heterocycles. The van der Waals surface area contributed by atoms with E-state index in [2.05, 4.69) is 10.6 Å². The van der Waals surface area contributed by atoms with Crippen LogP contribution >= 0.6 is 12.4 Å². The van der Waals surface area contributed by atoms with Crippen LogP contribution in [0.2, 0.25) is 0 Å². The van der Waals surface area contributed by atoms with Crippen molar-refractivity contribution >= 4 is 24.2 Å². The zero-order chi connectivity index (χ0) is 15.2. The zero-order valence-electron chi connectivity index (χ0n) is 10.9. The first-order valence-electron chi connectivity index (χ1n) is 5.77. The molecule has 9 heteroatoms. The molecule has 4 N–H and O–H groups in total. The van der Waals surface area contributed by atoms with Crippen LogP contribution in [0, 0.1) is 0 Å². The van der Waals surface area contributed by atoms with Crippen LogP contribution in [0.4, 0.5) is 13.2 Å². The van der Waals surface area contributed by atoms with Gasteiger partial charge < -0.3 is 16.4 Å². The van der Waals surface area contributed by atoms with E-state index < -0.39 is 35.7 Å². The normalized spacial score (nSPS) is 10.5. The summed E-state index contributed by atoms with van der Waals surface area (Å²) in [7, 11) is 0. The number of alkyl halides is 3. The molecule has 0 saturated carbocycles. The topological polar surface area (TPSA) is 84.2 Å². The average Bonchev–Trinajstić information content (AvgIpc) is 2.41. The molecule has 0 spiro atoms. The number of nitrogens with two attached hydrogens (primary N) is 1. The molecule has 0 fully saturated rings. The van der Waals surface area contributed by atoms with Gasteiger partial charge in [0.1, 0.15) is 0 Å². The summed E-state index contributed by atoms with van der Waals surface area (Å²) >= 11 is 0. The number of carbonyl (C=O) groups is 2. The Morgan fingerprint density at radius 2 is 1.76 bits per heavy atom. The smallest absolute Gasteiger partial charge is 0.353 e. The number of benzene rings is 1. The van der Waals surface area contributed by atoms with E-state index in [1.165, 1.54) is 12.1 Å². The van der Waals surface area contributed by atoms with Gasteiger partial charge in [-0.1, -0.05) is 12.1 Å². The van der Waals surface area contributed by atoms with Gasteiger partial charge in [0.25, 0.3) is 5.91 Å². The summed E-state index contributed by atoms with van der Waals surface area (Å²) in [4.78, 5) is 22.9. The van der Waals surface area contributed by atoms with Crippen LogP contribution in [0.25, 0.3) is 0 Å². The SMILES string of the molecule is Cl.NCCNC(=O)CNC(=O)c1ccccc1C(F)(F)F. The molecule has 21 heavy (non-hydrogen) atoms. The van der Waals surface area contributed by atoms with E-state index in [-0.39, 0.29) is 25.5 Å². The quantitative estimate of drug-likeness (QED) is 0.753. The van der Waals surface area contributed by atoms with Crippen molar-refractivity contribution < 1.29 is 22.8 Å². The Bertz CT molecular complexity index is 495. The molecule has 1 aromatic carbocycles. The number of halogens is 4. The standard InChI is InChI=1S/C12H14F3N3O2.ClH/c13-12(14,15)9-4-2-1-3-8(9)11(20)18-7-10(19)17-6-5-16;/h1-4H,5-7,16H2,(H,17,19)(H,18,20);1H. The minimum Gasteiger partial charge on any atom is -0.353 e. The van der Waals surface area contributed by atoms with Crippen molar-refractivity contribution in [3.63, 3.8) is 0 Å². The fourth-order valence-corrected chi connectivity index (χ4v) is 1.46. The molecular weight excluding hydrogens is 311 g/mol. The monoisotopic (exact) mass is 325 g/mol. The third-order valence-corrected chi connectivity index (χ3v) is 2.35. The maximum absolute atomic E-state index is 12.7. The number of rotatable bonds is 5. The van der Waals surface area contributed by atoms with Gasteiger partial charge in [-0.25, -0.2) is 0 Å². The molecular formula is C12H15ClF3N3O2. The van der Waals surface area contributed by atoms with Crippen LogP contribution in [0.1, 0.15) is 15.9 Å². The summed E-state index contributed by atoms with van der Waals surface area (Å²) in [6, 6.07) is 4.37. The second-order valence-electron chi connectivity index (χ2n) is 3.86. The van der Waals surface area contributed by atoms with Crippen molar-refractivity contribution in [1.29, 1.82) is 0 Å². The minimum absolute atomic E-state index is 0. The average molecular weight is 326 g/mol. The summed E-state index contributed by atoms with van der Waals surface area (Å²) in [6.07, 6.45) is -4.63. The summed E-state index contributed by atoms with van der Waals surface area (Å²) < 4.78 is 38.1. The van der Waals surface area contributed by atoms with E-state index in [4.69, 9.17) is 5.73 Å². The molecule has 1 aromatic rings. The molecule has 0 saturated heterocycles. The lowest BCUT2D eigenvalue weighted by molar-refractivity contribution is -0.137. The maximum atomic E-state index is 12.7. The molecule has 0 heterocycles. The van der Waals surface area contributed by atoms with E-state index >= 15 is 0 Å². The molecule has 0 radical (unpaired) electrons. The predicted molar refractivity (Wildman–Crippen MR) is 73.1 cm³/mol. The van der Waals surface area contributed by atoms with Crippen LogP contribution in [-0.4, -0.2) is 31.4 Å². The van der Waals surface area contributed by atoms with Crippen LogP contribution in [0.5, 0.6) is 0 Å². The fraction of sp³-hybridized carbons (Fsp3) is 0.333. The first kappa shape index (κ1) is 19.2. The van der Waals surface area contributed by atoms with E-state index in [9.17, 15) is 22.8 Å². The molecule has 0 aromatic heterocycles. The lowest BCUT2D eigenvalue weighted by Crippen LogP contribution is -2.39. The highest BCUT2D eigenvalue weighted by Crippen LogP contribution is 2.31. The van der Waals surface area contributed by atoms with Gasteiger partial charge in [0, 0.05) is 13.1 Å². The number of hydrogen-bond donors (Lipinski definition) is 3. The van der Waals surface area contributed by atoms with E-state index in [1.807, 2.05) is 0 Å². The van der Waals surface area contributed by atoms with Gasteiger partial charge in [-0.05, 0) is 12.1 Å². The van der Waals surface area contributed by atoms with Crippen molar-refractivity contribution in [2.75, 3.05) is 19.6 Å². The van der Waals surface area contributed by atoms with Crippen LogP contribution in [0.3, 0.4) is 0 Å². The summed E-state index contributed by atoms with van der Waals surface area (Å²) in [5.41, 5.74) is 3.60. The lowest BCUT2D eigenvalue weighted by Gasteiger charge is -2.12. The molecule has 2 amide bonds. The highest BCUT2D eigenvalue weighted by molar-refractivity contribution is 5.97. The van der Waals surface area contributed by atoms with Gasteiger partial charge in [0.2, 0.25) is 5.91 Å². The molecule has 1 rings (SSSR count).